The number of aryl methyl sites for hydroxylation is 1. The van der Waals surface area contributed by atoms with Gasteiger partial charge in [0.15, 0.2) is 0 Å². The van der Waals surface area contributed by atoms with Gasteiger partial charge in [0.1, 0.15) is 6.04 Å². The van der Waals surface area contributed by atoms with Gasteiger partial charge in [0.2, 0.25) is 5.91 Å². The van der Waals surface area contributed by atoms with Crippen LogP contribution < -0.4 is 16.0 Å². The maximum absolute atomic E-state index is 13.2. The van der Waals surface area contributed by atoms with Crippen LogP contribution in [-0.2, 0) is 20.8 Å². The molecular formula is C30H40N4O6. The van der Waals surface area contributed by atoms with Gasteiger partial charge in [-0.15, -0.1) is 0 Å². The van der Waals surface area contributed by atoms with Gasteiger partial charge in [-0.3, -0.25) is 9.59 Å². The molecule has 3 atom stereocenters. The Hall–Kier alpha value is -3.92. The molecule has 0 aliphatic carbocycles. The molecule has 0 spiro atoms. The lowest BCUT2D eigenvalue weighted by Crippen LogP contribution is -2.52. The number of hydrogen-bond donors (Lipinski definition) is 5. The number of aliphatic carboxylic acids is 2. The van der Waals surface area contributed by atoms with Crippen molar-refractivity contribution in [1.29, 1.82) is 0 Å². The van der Waals surface area contributed by atoms with Crippen molar-refractivity contribution in [2.75, 3.05) is 26.2 Å². The summed E-state index contributed by atoms with van der Waals surface area (Å²) >= 11 is 0. The lowest BCUT2D eigenvalue weighted by atomic mass is 10.00. The first-order chi connectivity index (χ1) is 19.2. The molecule has 40 heavy (non-hydrogen) atoms. The highest BCUT2D eigenvalue weighted by Crippen LogP contribution is 2.21. The summed E-state index contributed by atoms with van der Waals surface area (Å²) in [5.74, 6) is -3.62. The average Bonchev–Trinajstić information content (AvgIpc) is 3.48. The van der Waals surface area contributed by atoms with Gasteiger partial charge in [0.25, 0.3) is 0 Å². The Kier molecular flexibility index (Phi) is 11.5. The van der Waals surface area contributed by atoms with Crippen LogP contribution in [0.5, 0.6) is 0 Å². The van der Waals surface area contributed by atoms with Crippen LogP contribution in [-0.4, -0.2) is 77.3 Å². The van der Waals surface area contributed by atoms with Crippen molar-refractivity contribution in [3.05, 3.63) is 59.7 Å². The minimum atomic E-state index is -1.20. The molecule has 216 valence electrons. The fraction of sp³-hybridized carbons (Fsp3) is 0.467. The van der Waals surface area contributed by atoms with Crippen LogP contribution in [0.25, 0.3) is 11.1 Å². The first-order valence-corrected chi connectivity index (χ1v) is 13.9. The molecule has 0 bridgehead atoms. The highest BCUT2D eigenvalue weighted by molar-refractivity contribution is 5.84. The van der Waals surface area contributed by atoms with Gasteiger partial charge in [-0.25, -0.2) is 9.59 Å². The summed E-state index contributed by atoms with van der Waals surface area (Å²) < 4.78 is 0. The Bertz CT molecular complexity index is 1150. The number of carbonyl (C=O) groups is 4. The van der Waals surface area contributed by atoms with E-state index in [1.807, 2.05) is 62.4 Å². The van der Waals surface area contributed by atoms with Gasteiger partial charge < -0.3 is 31.1 Å². The maximum atomic E-state index is 13.2. The third kappa shape index (κ3) is 9.08. The van der Waals surface area contributed by atoms with Crippen LogP contribution in [0.1, 0.15) is 43.7 Å². The summed E-state index contributed by atoms with van der Waals surface area (Å²) in [7, 11) is 0. The normalized spacial score (nSPS) is 16.1. The Labute approximate surface area is 235 Å². The molecule has 10 heteroatoms. The number of carbonyl (C=O) groups excluding carboxylic acids is 2. The van der Waals surface area contributed by atoms with Crippen molar-refractivity contribution in [3.8, 4) is 11.1 Å². The van der Waals surface area contributed by atoms with Crippen LogP contribution in [0.15, 0.2) is 48.5 Å². The number of benzene rings is 2. The van der Waals surface area contributed by atoms with E-state index in [1.54, 1.807) is 0 Å². The van der Waals surface area contributed by atoms with Gasteiger partial charge in [-0.2, -0.15) is 0 Å². The molecule has 10 nitrogen and oxygen atoms in total. The maximum Gasteiger partial charge on any atom is 0.326 e. The molecule has 1 aliphatic rings. The lowest BCUT2D eigenvalue weighted by molar-refractivity contribution is -0.142. The van der Waals surface area contributed by atoms with E-state index < -0.39 is 29.9 Å². The number of amides is 3. The second kappa shape index (κ2) is 15.0. The van der Waals surface area contributed by atoms with Crippen LogP contribution in [0, 0.1) is 12.8 Å². The molecule has 1 fully saturated rings. The van der Waals surface area contributed by atoms with Gasteiger partial charge in [0.05, 0.1) is 12.0 Å². The Balaban J connectivity index is 1.64. The molecule has 1 heterocycles. The van der Waals surface area contributed by atoms with Crippen LogP contribution in [0.3, 0.4) is 0 Å². The van der Waals surface area contributed by atoms with Crippen molar-refractivity contribution >= 4 is 23.9 Å². The quantitative estimate of drug-likeness (QED) is 0.242. The largest absolute Gasteiger partial charge is 0.481 e. The van der Waals surface area contributed by atoms with E-state index in [0.717, 1.165) is 41.6 Å². The van der Waals surface area contributed by atoms with E-state index in [9.17, 15) is 29.4 Å². The van der Waals surface area contributed by atoms with E-state index in [1.165, 1.54) is 4.90 Å². The van der Waals surface area contributed by atoms with Crippen molar-refractivity contribution in [2.45, 2.75) is 58.0 Å². The summed E-state index contributed by atoms with van der Waals surface area (Å²) in [6.07, 6.45) is 3.04. The summed E-state index contributed by atoms with van der Waals surface area (Å²) in [4.78, 5) is 50.9. The summed E-state index contributed by atoms with van der Waals surface area (Å²) in [5, 5.41) is 27.9. The van der Waals surface area contributed by atoms with Crippen molar-refractivity contribution in [3.63, 3.8) is 0 Å². The van der Waals surface area contributed by atoms with Crippen LogP contribution in [0.4, 0.5) is 4.79 Å². The Morgan fingerprint density at radius 1 is 1.00 bits per heavy atom. The number of nitrogens with zero attached hydrogens (tertiary/aromatic N) is 1. The monoisotopic (exact) mass is 552 g/mol. The summed E-state index contributed by atoms with van der Waals surface area (Å²) in [6.45, 7) is 4.69. The molecule has 2 aromatic rings. The molecule has 1 aliphatic heterocycles. The van der Waals surface area contributed by atoms with Crippen molar-refractivity contribution < 1.29 is 29.4 Å². The lowest BCUT2D eigenvalue weighted by Gasteiger charge is -2.28. The van der Waals surface area contributed by atoms with Crippen LogP contribution >= 0.6 is 0 Å². The molecule has 5 N–H and O–H groups in total. The zero-order valence-electron chi connectivity index (χ0n) is 23.2. The van der Waals surface area contributed by atoms with Crippen molar-refractivity contribution in [1.82, 2.24) is 20.9 Å². The predicted molar refractivity (Wildman–Crippen MR) is 152 cm³/mol. The van der Waals surface area contributed by atoms with Gasteiger partial charge in [-0.05, 0) is 49.4 Å². The highest BCUT2D eigenvalue weighted by Gasteiger charge is 2.29. The van der Waals surface area contributed by atoms with Gasteiger partial charge in [-0.1, -0.05) is 67.4 Å². The average molecular weight is 553 g/mol. The number of rotatable bonds is 14. The second-order valence-electron chi connectivity index (χ2n) is 10.3. The number of carboxylic acid groups (broad SMARTS) is 2. The zero-order valence-corrected chi connectivity index (χ0v) is 23.2. The molecule has 2 aromatic carbocycles. The molecule has 1 saturated heterocycles. The minimum Gasteiger partial charge on any atom is -0.481 e. The first-order valence-electron chi connectivity index (χ1n) is 13.9. The molecule has 3 amide bonds. The number of nitrogens with one attached hydrogen (secondary N) is 3. The smallest absolute Gasteiger partial charge is 0.326 e. The SMILES string of the molecule is CCCCN(C[C@@H](CNC(=O)[C@@H]1CCCN1)C(=O)O)C(=O)N[C@@H](Cc1ccc(-c2ccc(C)cc2)cc1)C(=O)O. The summed E-state index contributed by atoms with van der Waals surface area (Å²) in [6, 6.07) is 13.4. The minimum absolute atomic E-state index is 0.0731. The van der Waals surface area contributed by atoms with Gasteiger partial charge >= 0.3 is 18.0 Å². The number of carboxylic acids is 2. The molecule has 0 radical (unpaired) electrons. The molecule has 0 unspecified atom stereocenters. The molecule has 3 rings (SSSR count). The topological polar surface area (TPSA) is 148 Å². The number of urea groups is 1. The molecule has 0 aromatic heterocycles. The van der Waals surface area contributed by atoms with E-state index in [-0.39, 0.29) is 38.0 Å². The van der Waals surface area contributed by atoms with Crippen molar-refractivity contribution in [2.24, 2.45) is 5.92 Å². The zero-order chi connectivity index (χ0) is 29.1. The predicted octanol–water partition coefficient (Wildman–Crippen LogP) is 3.04. The van der Waals surface area contributed by atoms with E-state index in [2.05, 4.69) is 16.0 Å². The first kappa shape index (κ1) is 30.6. The number of hydrogen-bond acceptors (Lipinski definition) is 5. The Morgan fingerprint density at radius 3 is 2.20 bits per heavy atom. The second-order valence-corrected chi connectivity index (χ2v) is 10.3. The fourth-order valence-electron chi connectivity index (χ4n) is 4.63. The standard InChI is InChI=1S/C30H40N4O6/c1-3-4-16-34(19-24(28(36)37)18-32-27(35)25-6-5-15-31-25)30(40)33-26(29(38)39)17-21-9-13-23(14-10-21)22-11-7-20(2)8-12-22/h7-14,24-26,31H,3-6,15-19H2,1-2H3,(H,32,35)(H,33,40)(H,36,37)(H,38,39)/t24-,25+,26+/m1/s1. The summed E-state index contributed by atoms with van der Waals surface area (Å²) in [5.41, 5.74) is 3.96. The third-order valence-corrected chi connectivity index (χ3v) is 7.13. The highest BCUT2D eigenvalue weighted by atomic mass is 16.4. The van der Waals surface area contributed by atoms with E-state index >= 15 is 0 Å². The Morgan fingerprint density at radius 2 is 1.65 bits per heavy atom. The number of unbranched alkanes of at least 4 members (excludes halogenated alkanes) is 1. The third-order valence-electron chi connectivity index (χ3n) is 7.13. The fourth-order valence-corrected chi connectivity index (χ4v) is 4.63. The van der Waals surface area contributed by atoms with E-state index in [0.29, 0.717) is 12.8 Å². The molecular weight excluding hydrogens is 512 g/mol. The van der Waals surface area contributed by atoms with Gasteiger partial charge in [0, 0.05) is 26.1 Å². The van der Waals surface area contributed by atoms with E-state index in [4.69, 9.17) is 0 Å². The molecule has 0 saturated carbocycles. The van der Waals surface area contributed by atoms with Crippen LogP contribution in [0.2, 0.25) is 0 Å².